The Bertz CT molecular complexity index is 439. The van der Waals surface area contributed by atoms with Gasteiger partial charge in [0.25, 0.3) is 0 Å². The largest absolute Gasteiger partial charge is 0.388 e. The summed E-state index contributed by atoms with van der Waals surface area (Å²) < 4.78 is 0.686. The highest BCUT2D eigenvalue weighted by atomic mass is 32.2. The molecule has 5 heteroatoms. The first-order valence-electron chi connectivity index (χ1n) is 4.11. The average Bonchev–Trinajstić information content (AvgIpc) is 2.65. The van der Waals surface area contributed by atoms with E-state index in [-0.39, 0.29) is 0 Å². The molecule has 0 amide bonds. The van der Waals surface area contributed by atoms with Crippen LogP contribution in [-0.2, 0) is 0 Å². The van der Waals surface area contributed by atoms with Crippen LogP contribution in [0.2, 0.25) is 0 Å². The Morgan fingerprint density at radius 2 is 2.07 bits per heavy atom. The number of thiol groups is 1. The molecule has 0 aliphatic carbocycles. The Labute approximate surface area is 91.6 Å². The molecular formula is C9H9N3S2. The van der Waals surface area contributed by atoms with Gasteiger partial charge in [-0.05, 0) is 12.1 Å². The molecule has 1 N–H and O–H groups in total. The van der Waals surface area contributed by atoms with Crippen molar-refractivity contribution < 1.29 is 0 Å². The average molecular weight is 223 g/mol. The molecule has 0 fully saturated rings. The van der Waals surface area contributed by atoms with E-state index in [1.807, 2.05) is 31.3 Å². The minimum atomic E-state index is 0.686. The van der Waals surface area contributed by atoms with E-state index in [1.165, 1.54) is 11.3 Å². The van der Waals surface area contributed by atoms with Crippen LogP contribution in [0, 0.1) is 0 Å². The van der Waals surface area contributed by atoms with Gasteiger partial charge in [-0.25, -0.2) is 0 Å². The fourth-order valence-electron chi connectivity index (χ4n) is 1.21. The lowest BCUT2D eigenvalue weighted by Gasteiger charge is -2.04. The zero-order chi connectivity index (χ0) is 9.97. The second-order valence-electron chi connectivity index (χ2n) is 2.69. The van der Waals surface area contributed by atoms with Gasteiger partial charge in [0.2, 0.25) is 0 Å². The van der Waals surface area contributed by atoms with E-state index in [2.05, 4.69) is 28.1 Å². The lowest BCUT2D eigenvalue weighted by Crippen LogP contribution is -1.90. The second-order valence-corrected chi connectivity index (χ2v) is 4.39. The van der Waals surface area contributed by atoms with Gasteiger partial charge in [-0.1, -0.05) is 23.5 Å². The topological polar surface area (TPSA) is 37.8 Å². The molecule has 0 unspecified atom stereocenters. The standard InChI is InChI=1S/C9H9N3S2/c1-10-7-5-3-2-4-6(7)8-11-12-9(13)14-8/h2-5,10H,1H3,(H,12,13). The van der Waals surface area contributed by atoms with E-state index in [9.17, 15) is 0 Å². The highest BCUT2D eigenvalue weighted by Crippen LogP contribution is 2.30. The van der Waals surface area contributed by atoms with Crippen LogP contribution >= 0.6 is 24.0 Å². The summed E-state index contributed by atoms with van der Waals surface area (Å²) in [6.45, 7) is 0. The van der Waals surface area contributed by atoms with Crippen LogP contribution in [0.25, 0.3) is 10.6 Å². The first-order chi connectivity index (χ1) is 6.81. The van der Waals surface area contributed by atoms with Gasteiger partial charge in [-0.3, -0.25) is 0 Å². The SMILES string of the molecule is CNc1ccccc1-c1nnc(S)s1. The van der Waals surface area contributed by atoms with Crippen molar-refractivity contribution in [2.24, 2.45) is 0 Å². The van der Waals surface area contributed by atoms with Gasteiger partial charge in [0.05, 0.1) is 0 Å². The van der Waals surface area contributed by atoms with E-state index >= 15 is 0 Å². The number of rotatable bonds is 2. The fourth-order valence-corrected chi connectivity index (χ4v) is 2.14. The van der Waals surface area contributed by atoms with E-state index in [0.717, 1.165) is 16.3 Å². The van der Waals surface area contributed by atoms with Gasteiger partial charge in [-0.2, -0.15) is 0 Å². The van der Waals surface area contributed by atoms with Crippen molar-refractivity contribution in [1.82, 2.24) is 10.2 Å². The number of anilines is 1. The number of para-hydroxylation sites is 1. The molecule has 0 radical (unpaired) electrons. The highest BCUT2D eigenvalue weighted by Gasteiger charge is 2.07. The van der Waals surface area contributed by atoms with Crippen LogP contribution in [0.1, 0.15) is 0 Å². The smallest absolute Gasteiger partial charge is 0.171 e. The Kier molecular flexibility index (Phi) is 2.69. The van der Waals surface area contributed by atoms with Crippen LogP contribution in [0.4, 0.5) is 5.69 Å². The van der Waals surface area contributed by atoms with E-state index < -0.39 is 0 Å². The van der Waals surface area contributed by atoms with E-state index in [1.54, 1.807) is 0 Å². The predicted octanol–water partition coefficient (Wildman–Crippen LogP) is 2.54. The zero-order valence-electron chi connectivity index (χ0n) is 7.56. The molecule has 0 aliphatic rings. The van der Waals surface area contributed by atoms with Crippen LogP contribution in [-0.4, -0.2) is 17.2 Å². The molecule has 0 saturated heterocycles. The summed E-state index contributed by atoms with van der Waals surface area (Å²) in [5.74, 6) is 0. The van der Waals surface area contributed by atoms with Gasteiger partial charge in [0.15, 0.2) is 9.35 Å². The third-order valence-electron chi connectivity index (χ3n) is 1.84. The first kappa shape index (κ1) is 9.48. The maximum absolute atomic E-state index is 4.14. The van der Waals surface area contributed by atoms with Gasteiger partial charge in [0.1, 0.15) is 0 Å². The fraction of sp³-hybridized carbons (Fsp3) is 0.111. The van der Waals surface area contributed by atoms with Crippen molar-refractivity contribution in [3.05, 3.63) is 24.3 Å². The number of nitrogens with zero attached hydrogens (tertiary/aromatic N) is 2. The monoisotopic (exact) mass is 223 g/mol. The Morgan fingerprint density at radius 1 is 1.29 bits per heavy atom. The normalized spacial score (nSPS) is 10.1. The van der Waals surface area contributed by atoms with Gasteiger partial charge in [0, 0.05) is 18.3 Å². The minimum absolute atomic E-state index is 0.686. The summed E-state index contributed by atoms with van der Waals surface area (Å²) >= 11 is 5.62. The summed E-state index contributed by atoms with van der Waals surface area (Å²) in [5, 5.41) is 11.9. The maximum atomic E-state index is 4.14. The molecule has 2 aromatic rings. The number of hydrogen-bond acceptors (Lipinski definition) is 5. The lowest BCUT2D eigenvalue weighted by molar-refractivity contribution is 1.02. The van der Waals surface area contributed by atoms with Crippen LogP contribution in [0.15, 0.2) is 28.6 Å². The summed E-state index contributed by atoms with van der Waals surface area (Å²) in [7, 11) is 1.89. The molecule has 2 rings (SSSR count). The van der Waals surface area contributed by atoms with Gasteiger partial charge in [-0.15, -0.1) is 22.8 Å². The maximum Gasteiger partial charge on any atom is 0.171 e. The van der Waals surface area contributed by atoms with Crippen molar-refractivity contribution in [3.8, 4) is 10.6 Å². The minimum Gasteiger partial charge on any atom is -0.388 e. The van der Waals surface area contributed by atoms with Crippen molar-refractivity contribution >= 4 is 29.7 Å². The summed E-state index contributed by atoms with van der Waals surface area (Å²) in [6, 6.07) is 7.99. The molecular weight excluding hydrogens is 214 g/mol. The van der Waals surface area contributed by atoms with Gasteiger partial charge < -0.3 is 5.32 Å². The Morgan fingerprint density at radius 3 is 2.71 bits per heavy atom. The predicted molar refractivity (Wildman–Crippen MR) is 62.1 cm³/mol. The number of nitrogens with one attached hydrogen (secondary N) is 1. The summed E-state index contributed by atoms with van der Waals surface area (Å²) in [6.07, 6.45) is 0. The van der Waals surface area contributed by atoms with Crippen molar-refractivity contribution in [2.75, 3.05) is 12.4 Å². The molecule has 1 heterocycles. The highest BCUT2D eigenvalue weighted by molar-refractivity contribution is 7.82. The molecule has 72 valence electrons. The van der Waals surface area contributed by atoms with E-state index in [4.69, 9.17) is 0 Å². The van der Waals surface area contributed by atoms with Crippen LogP contribution < -0.4 is 5.32 Å². The quantitative estimate of drug-likeness (QED) is 0.768. The van der Waals surface area contributed by atoms with Crippen LogP contribution in [0.5, 0.6) is 0 Å². The van der Waals surface area contributed by atoms with Crippen LogP contribution in [0.3, 0.4) is 0 Å². The number of benzene rings is 1. The Hall–Kier alpha value is -1.07. The molecule has 0 saturated carbocycles. The number of hydrogen-bond donors (Lipinski definition) is 2. The zero-order valence-corrected chi connectivity index (χ0v) is 9.27. The van der Waals surface area contributed by atoms with E-state index in [0.29, 0.717) is 4.34 Å². The van der Waals surface area contributed by atoms with Crippen molar-refractivity contribution in [2.45, 2.75) is 4.34 Å². The Balaban J connectivity index is 2.50. The number of aromatic nitrogens is 2. The third-order valence-corrected chi connectivity index (χ3v) is 2.96. The summed E-state index contributed by atoms with van der Waals surface area (Å²) in [4.78, 5) is 0. The molecule has 1 aromatic carbocycles. The van der Waals surface area contributed by atoms with Gasteiger partial charge >= 0.3 is 0 Å². The first-order valence-corrected chi connectivity index (χ1v) is 5.37. The molecule has 0 atom stereocenters. The molecule has 14 heavy (non-hydrogen) atoms. The molecule has 1 aromatic heterocycles. The molecule has 0 spiro atoms. The molecule has 3 nitrogen and oxygen atoms in total. The summed E-state index contributed by atoms with van der Waals surface area (Å²) in [5.41, 5.74) is 2.12. The molecule has 0 bridgehead atoms. The van der Waals surface area contributed by atoms with Crippen molar-refractivity contribution in [1.29, 1.82) is 0 Å². The molecule has 0 aliphatic heterocycles. The third kappa shape index (κ3) is 1.73. The van der Waals surface area contributed by atoms with Crippen molar-refractivity contribution in [3.63, 3.8) is 0 Å². The lowest BCUT2D eigenvalue weighted by atomic mass is 10.2. The second kappa shape index (κ2) is 3.98.